The first-order valence-corrected chi connectivity index (χ1v) is 17.2. The smallest absolute Gasteiger partial charge is 0.257 e. The third-order valence-electron chi connectivity index (χ3n) is 11.2. The molecule has 246 valence electrons. The van der Waals surface area contributed by atoms with E-state index in [0.717, 1.165) is 95.0 Å². The predicted molar refractivity (Wildman–Crippen MR) is 181 cm³/mol. The van der Waals surface area contributed by atoms with Crippen LogP contribution in [0.3, 0.4) is 0 Å². The van der Waals surface area contributed by atoms with E-state index in [4.69, 9.17) is 0 Å². The molecule has 8 heteroatoms. The first-order chi connectivity index (χ1) is 22.1. The molecule has 1 amide bonds. The summed E-state index contributed by atoms with van der Waals surface area (Å²) in [5, 5.41) is 0. The van der Waals surface area contributed by atoms with Crippen molar-refractivity contribution >= 4 is 5.91 Å². The highest BCUT2D eigenvalue weighted by Crippen LogP contribution is 2.40. The molecule has 3 aliphatic rings. The molecule has 0 N–H and O–H groups in total. The molecule has 1 aromatic heterocycles. The van der Waals surface area contributed by atoms with Crippen LogP contribution in [0.2, 0.25) is 0 Å². The van der Waals surface area contributed by atoms with Gasteiger partial charge in [0.1, 0.15) is 12.1 Å². The molecule has 3 fully saturated rings. The van der Waals surface area contributed by atoms with E-state index in [9.17, 15) is 9.18 Å². The molecular formula is C38H51FN6O. The van der Waals surface area contributed by atoms with Gasteiger partial charge in [-0.1, -0.05) is 42.0 Å². The van der Waals surface area contributed by atoms with Gasteiger partial charge in [0.25, 0.3) is 5.91 Å². The average Bonchev–Trinajstić information content (AvgIpc) is 3.04. The summed E-state index contributed by atoms with van der Waals surface area (Å²) in [5.74, 6) is 0.398. The van der Waals surface area contributed by atoms with Crippen molar-refractivity contribution < 1.29 is 9.18 Å². The zero-order valence-electron chi connectivity index (χ0n) is 28.4. The number of carbonyl (C=O) groups is 1. The zero-order chi connectivity index (χ0) is 32.4. The van der Waals surface area contributed by atoms with Gasteiger partial charge >= 0.3 is 0 Å². The number of carbonyl (C=O) groups excluding carboxylic acids is 1. The van der Waals surface area contributed by atoms with Crippen LogP contribution in [0.25, 0.3) is 0 Å². The number of piperazine rings is 1. The summed E-state index contributed by atoms with van der Waals surface area (Å²) in [7, 11) is 0. The minimum atomic E-state index is -0.146. The number of piperidine rings is 2. The molecule has 0 saturated carbocycles. The fourth-order valence-electron chi connectivity index (χ4n) is 8.25. The largest absolute Gasteiger partial charge is 0.338 e. The van der Waals surface area contributed by atoms with Crippen LogP contribution in [0, 0.1) is 32.5 Å². The van der Waals surface area contributed by atoms with Crippen molar-refractivity contribution in [3.05, 3.63) is 94.3 Å². The van der Waals surface area contributed by atoms with Gasteiger partial charge in [-0.2, -0.15) is 0 Å². The van der Waals surface area contributed by atoms with E-state index < -0.39 is 0 Å². The number of likely N-dealkylation sites (tertiary alicyclic amines) is 2. The van der Waals surface area contributed by atoms with Crippen LogP contribution in [0.15, 0.2) is 54.9 Å². The lowest BCUT2D eigenvalue weighted by Crippen LogP contribution is -2.63. The normalized spacial score (nSPS) is 22.6. The monoisotopic (exact) mass is 626 g/mol. The Morgan fingerprint density at radius 1 is 0.935 bits per heavy atom. The maximum atomic E-state index is 14.6. The van der Waals surface area contributed by atoms with E-state index in [2.05, 4.69) is 75.8 Å². The van der Waals surface area contributed by atoms with Gasteiger partial charge in [-0.3, -0.25) is 19.5 Å². The van der Waals surface area contributed by atoms with Gasteiger partial charge in [-0.05, 0) is 103 Å². The molecular weight excluding hydrogens is 575 g/mol. The summed E-state index contributed by atoms with van der Waals surface area (Å²) >= 11 is 0. The van der Waals surface area contributed by atoms with Crippen molar-refractivity contribution in [3.8, 4) is 0 Å². The second-order valence-electron chi connectivity index (χ2n) is 14.3. The molecule has 2 atom stereocenters. The fourth-order valence-corrected chi connectivity index (χ4v) is 8.25. The Morgan fingerprint density at radius 2 is 1.61 bits per heavy atom. The third kappa shape index (κ3) is 7.04. The Labute approximate surface area is 274 Å². The van der Waals surface area contributed by atoms with E-state index >= 15 is 0 Å². The quantitative estimate of drug-likeness (QED) is 0.312. The SMILES string of the molecule is Cc1ccc(CN2CCC(C(c3cccc(F)c3)N3CCN(C4(C)CCN(C(=O)c5c(C)ncnc5C)CC4)CC3C)CC2)cc1. The number of rotatable bonds is 7. The lowest BCUT2D eigenvalue weighted by atomic mass is 9.82. The summed E-state index contributed by atoms with van der Waals surface area (Å²) in [5.41, 5.74) is 5.99. The number of aryl methyl sites for hydroxylation is 3. The summed E-state index contributed by atoms with van der Waals surface area (Å²) in [4.78, 5) is 31.9. The standard InChI is InChI=1S/C38H51FN6O/c1-27-9-11-31(12-10-27)25-42-17-13-32(14-18-42)36(33-7-6-8-34(39)23-33)45-22-21-44(24-28(45)2)38(5)15-19-43(20-16-38)37(46)35-29(3)40-26-41-30(35)4/h6-12,23,26,28,32,36H,13-22,24-25H2,1-5H3. The highest BCUT2D eigenvalue weighted by Gasteiger charge is 2.43. The number of hydrogen-bond acceptors (Lipinski definition) is 6. The van der Waals surface area contributed by atoms with Crippen LogP contribution in [-0.2, 0) is 6.54 Å². The lowest BCUT2D eigenvalue weighted by molar-refractivity contribution is -0.0439. The number of nitrogens with zero attached hydrogens (tertiary/aromatic N) is 6. The molecule has 6 rings (SSSR count). The number of benzene rings is 2. The molecule has 2 unspecified atom stereocenters. The molecule has 46 heavy (non-hydrogen) atoms. The lowest BCUT2D eigenvalue weighted by Gasteiger charge is -2.54. The van der Waals surface area contributed by atoms with Crippen LogP contribution in [0.1, 0.15) is 84.0 Å². The van der Waals surface area contributed by atoms with Crippen LogP contribution in [-0.4, -0.2) is 92.9 Å². The summed E-state index contributed by atoms with van der Waals surface area (Å²) < 4.78 is 14.6. The maximum Gasteiger partial charge on any atom is 0.257 e. The fraction of sp³-hybridized carbons (Fsp3) is 0.553. The molecule has 7 nitrogen and oxygen atoms in total. The van der Waals surface area contributed by atoms with E-state index in [1.807, 2.05) is 24.8 Å². The van der Waals surface area contributed by atoms with Crippen LogP contribution < -0.4 is 0 Å². The van der Waals surface area contributed by atoms with E-state index in [1.54, 1.807) is 12.1 Å². The van der Waals surface area contributed by atoms with Crippen molar-refractivity contribution in [1.29, 1.82) is 0 Å². The molecule has 2 aromatic carbocycles. The van der Waals surface area contributed by atoms with Gasteiger partial charge in [0, 0.05) is 56.9 Å². The van der Waals surface area contributed by atoms with Gasteiger partial charge in [0.2, 0.25) is 0 Å². The summed E-state index contributed by atoms with van der Waals surface area (Å²) in [6.07, 6.45) is 5.66. The second kappa shape index (κ2) is 13.9. The zero-order valence-corrected chi connectivity index (χ0v) is 28.4. The second-order valence-corrected chi connectivity index (χ2v) is 14.3. The van der Waals surface area contributed by atoms with Crippen molar-refractivity contribution in [3.63, 3.8) is 0 Å². The van der Waals surface area contributed by atoms with Gasteiger partial charge < -0.3 is 4.90 Å². The number of aromatic nitrogens is 2. The number of hydrogen-bond donors (Lipinski definition) is 0. The predicted octanol–water partition coefficient (Wildman–Crippen LogP) is 6.20. The highest BCUT2D eigenvalue weighted by molar-refractivity contribution is 5.96. The molecule has 0 spiro atoms. The Hall–Kier alpha value is -3.20. The third-order valence-corrected chi connectivity index (χ3v) is 11.2. The molecule has 3 saturated heterocycles. The average molecular weight is 627 g/mol. The molecule has 0 aliphatic carbocycles. The van der Waals surface area contributed by atoms with Gasteiger partial charge in [0.15, 0.2) is 0 Å². The first kappa shape index (κ1) is 32.7. The number of amides is 1. The number of halogens is 1. The van der Waals surface area contributed by atoms with E-state index in [1.165, 1.54) is 17.5 Å². The van der Waals surface area contributed by atoms with Crippen LogP contribution >= 0.6 is 0 Å². The molecule has 3 aromatic rings. The van der Waals surface area contributed by atoms with E-state index in [-0.39, 0.29) is 23.3 Å². The minimum Gasteiger partial charge on any atom is -0.338 e. The van der Waals surface area contributed by atoms with Crippen LogP contribution in [0.5, 0.6) is 0 Å². The maximum absolute atomic E-state index is 14.6. The summed E-state index contributed by atoms with van der Waals surface area (Å²) in [6.45, 7) is 18.2. The molecule has 4 heterocycles. The highest BCUT2D eigenvalue weighted by atomic mass is 19.1. The Balaban J connectivity index is 1.10. The van der Waals surface area contributed by atoms with Crippen molar-refractivity contribution in [2.45, 2.75) is 84.5 Å². The molecule has 3 aliphatic heterocycles. The van der Waals surface area contributed by atoms with Crippen LogP contribution in [0.4, 0.5) is 4.39 Å². The Bertz CT molecular complexity index is 1480. The topological polar surface area (TPSA) is 55.8 Å². The van der Waals surface area contributed by atoms with Gasteiger partial charge in [0.05, 0.1) is 17.0 Å². The molecule has 0 radical (unpaired) electrons. The molecule has 0 bridgehead atoms. The van der Waals surface area contributed by atoms with Crippen molar-refractivity contribution in [2.24, 2.45) is 5.92 Å². The Morgan fingerprint density at radius 3 is 2.24 bits per heavy atom. The summed E-state index contributed by atoms with van der Waals surface area (Å²) in [6, 6.07) is 16.8. The Kier molecular flexibility index (Phi) is 9.88. The minimum absolute atomic E-state index is 0.0457. The van der Waals surface area contributed by atoms with Gasteiger partial charge in [-0.15, -0.1) is 0 Å². The first-order valence-electron chi connectivity index (χ1n) is 17.2. The van der Waals surface area contributed by atoms with Gasteiger partial charge in [-0.25, -0.2) is 14.4 Å². The van der Waals surface area contributed by atoms with Crippen molar-refractivity contribution in [1.82, 2.24) is 29.6 Å². The van der Waals surface area contributed by atoms with Crippen molar-refractivity contribution in [2.75, 3.05) is 45.8 Å². The van der Waals surface area contributed by atoms with E-state index in [0.29, 0.717) is 17.5 Å².